The molecule has 2 aromatic rings. The van der Waals surface area contributed by atoms with Crippen LogP contribution in [0, 0.1) is 5.82 Å². The third-order valence-electron chi connectivity index (χ3n) is 2.87. The maximum Gasteiger partial charge on any atom is 0.128 e. The summed E-state index contributed by atoms with van der Waals surface area (Å²) >= 11 is 0. The molecule has 0 fully saturated rings. The number of rotatable bonds is 7. The Bertz CT molecular complexity index is 513. The van der Waals surface area contributed by atoms with Gasteiger partial charge in [-0.3, -0.25) is 4.68 Å². The Morgan fingerprint density at radius 1 is 1.32 bits per heavy atom. The summed E-state index contributed by atoms with van der Waals surface area (Å²) < 4.78 is 20.4. The van der Waals surface area contributed by atoms with E-state index < -0.39 is 0 Å². The quantitative estimate of drug-likeness (QED) is 0.774. The van der Waals surface area contributed by atoms with E-state index in [0.29, 0.717) is 25.3 Å². The first kappa shape index (κ1) is 13.7. The first-order valence-electron chi connectivity index (χ1n) is 6.25. The summed E-state index contributed by atoms with van der Waals surface area (Å²) in [6.45, 7) is 2.58. The number of nitrogens with zero attached hydrogens (tertiary/aromatic N) is 2. The minimum Gasteiger partial charge on any atom is -0.383 e. The van der Waals surface area contributed by atoms with Crippen molar-refractivity contribution in [2.24, 2.45) is 0 Å². The lowest BCUT2D eigenvalue weighted by molar-refractivity contribution is 0.199. The van der Waals surface area contributed by atoms with Crippen LogP contribution in [0.3, 0.4) is 0 Å². The minimum atomic E-state index is -0.198. The SMILES string of the molecule is COCCNCc1ccnn1Cc1ccccc1F. The van der Waals surface area contributed by atoms with Gasteiger partial charge in [-0.15, -0.1) is 0 Å². The molecule has 5 heteroatoms. The standard InChI is InChI=1S/C14H18FN3O/c1-19-9-8-16-10-13-6-7-17-18(13)11-12-4-2-3-5-14(12)15/h2-7,16H,8-11H2,1H3. The Morgan fingerprint density at radius 2 is 2.16 bits per heavy atom. The van der Waals surface area contributed by atoms with Crippen LogP contribution in [0.25, 0.3) is 0 Å². The number of ether oxygens (including phenoxy) is 1. The fourth-order valence-electron chi connectivity index (χ4n) is 1.83. The van der Waals surface area contributed by atoms with E-state index in [-0.39, 0.29) is 5.82 Å². The zero-order valence-electron chi connectivity index (χ0n) is 11.0. The van der Waals surface area contributed by atoms with Crippen molar-refractivity contribution in [2.45, 2.75) is 13.1 Å². The van der Waals surface area contributed by atoms with Crippen LogP contribution in [0.15, 0.2) is 36.5 Å². The lowest BCUT2D eigenvalue weighted by Crippen LogP contribution is -2.21. The van der Waals surface area contributed by atoms with Crippen LogP contribution in [0.2, 0.25) is 0 Å². The van der Waals surface area contributed by atoms with Gasteiger partial charge in [0.15, 0.2) is 0 Å². The Kier molecular flexibility index (Phi) is 5.06. The number of nitrogens with one attached hydrogen (secondary N) is 1. The number of halogens is 1. The fourth-order valence-corrected chi connectivity index (χ4v) is 1.83. The molecular formula is C14H18FN3O. The number of benzene rings is 1. The molecule has 1 aromatic carbocycles. The molecule has 1 heterocycles. The Hall–Kier alpha value is -1.72. The zero-order chi connectivity index (χ0) is 13.5. The van der Waals surface area contributed by atoms with E-state index >= 15 is 0 Å². The van der Waals surface area contributed by atoms with E-state index in [4.69, 9.17) is 4.74 Å². The molecule has 1 aromatic heterocycles. The molecule has 0 atom stereocenters. The Labute approximate surface area is 112 Å². The van der Waals surface area contributed by atoms with Gasteiger partial charge in [0.1, 0.15) is 5.82 Å². The van der Waals surface area contributed by atoms with Crippen molar-refractivity contribution < 1.29 is 9.13 Å². The van der Waals surface area contributed by atoms with Crippen molar-refractivity contribution in [1.82, 2.24) is 15.1 Å². The highest BCUT2D eigenvalue weighted by Crippen LogP contribution is 2.09. The summed E-state index contributed by atoms with van der Waals surface area (Å²) in [6, 6.07) is 8.70. The molecule has 0 radical (unpaired) electrons. The minimum absolute atomic E-state index is 0.198. The van der Waals surface area contributed by atoms with Crippen LogP contribution in [0.5, 0.6) is 0 Å². The van der Waals surface area contributed by atoms with Gasteiger partial charge in [0.25, 0.3) is 0 Å². The van der Waals surface area contributed by atoms with Crippen LogP contribution >= 0.6 is 0 Å². The molecule has 0 unspecified atom stereocenters. The van der Waals surface area contributed by atoms with Gasteiger partial charge < -0.3 is 10.1 Å². The van der Waals surface area contributed by atoms with E-state index in [9.17, 15) is 4.39 Å². The molecule has 0 aliphatic carbocycles. The molecule has 0 saturated carbocycles. The van der Waals surface area contributed by atoms with E-state index in [2.05, 4.69) is 10.4 Å². The lowest BCUT2D eigenvalue weighted by atomic mass is 10.2. The van der Waals surface area contributed by atoms with Crippen LogP contribution in [-0.2, 0) is 17.8 Å². The molecule has 0 saturated heterocycles. The van der Waals surface area contributed by atoms with Crippen LogP contribution < -0.4 is 5.32 Å². The monoisotopic (exact) mass is 263 g/mol. The third-order valence-corrected chi connectivity index (χ3v) is 2.87. The molecule has 102 valence electrons. The Morgan fingerprint density at radius 3 is 2.95 bits per heavy atom. The predicted octanol–water partition coefficient (Wildman–Crippen LogP) is 1.81. The summed E-state index contributed by atoms with van der Waals surface area (Å²) in [5, 5.41) is 7.48. The molecule has 0 aliphatic rings. The molecule has 19 heavy (non-hydrogen) atoms. The molecule has 0 spiro atoms. The third kappa shape index (κ3) is 3.87. The molecule has 0 bridgehead atoms. The van der Waals surface area contributed by atoms with Gasteiger partial charge in [0.05, 0.1) is 18.8 Å². The van der Waals surface area contributed by atoms with Gasteiger partial charge in [-0.05, 0) is 12.1 Å². The van der Waals surface area contributed by atoms with Gasteiger partial charge in [0, 0.05) is 32.0 Å². The molecule has 1 N–H and O–H groups in total. The molecule has 0 amide bonds. The smallest absolute Gasteiger partial charge is 0.128 e. The van der Waals surface area contributed by atoms with Crippen LogP contribution in [-0.4, -0.2) is 30.0 Å². The first-order chi connectivity index (χ1) is 9.31. The van der Waals surface area contributed by atoms with E-state index in [0.717, 1.165) is 12.2 Å². The highest BCUT2D eigenvalue weighted by molar-refractivity contribution is 5.18. The van der Waals surface area contributed by atoms with E-state index in [1.807, 2.05) is 12.1 Å². The predicted molar refractivity (Wildman–Crippen MR) is 71.3 cm³/mol. The van der Waals surface area contributed by atoms with Gasteiger partial charge >= 0.3 is 0 Å². The van der Waals surface area contributed by atoms with Crippen molar-refractivity contribution in [2.75, 3.05) is 20.3 Å². The number of methoxy groups -OCH3 is 1. The number of hydrogen-bond acceptors (Lipinski definition) is 3. The average Bonchev–Trinajstić information content (AvgIpc) is 2.85. The van der Waals surface area contributed by atoms with Crippen LogP contribution in [0.1, 0.15) is 11.3 Å². The topological polar surface area (TPSA) is 39.1 Å². The Balaban J connectivity index is 1.98. The number of aromatic nitrogens is 2. The maximum atomic E-state index is 13.6. The lowest BCUT2D eigenvalue weighted by Gasteiger charge is -2.09. The van der Waals surface area contributed by atoms with E-state index in [1.54, 1.807) is 30.1 Å². The molecule has 2 rings (SSSR count). The van der Waals surface area contributed by atoms with Crippen molar-refractivity contribution in [3.8, 4) is 0 Å². The largest absolute Gasteiger partial charge is 0.383 e. The van der Waals surface area contributed by atoms with Gasteiger partial charge in [-0.1, -0.05) is 18.2 Å². The maximum absolute atomic E-state index is 13.6. The second-order valence-electron chi connectivity index (χ2n) is 4.24. The van der Waals surface area contributed by atoms with Gasteiger partial charge in [0.2, 0.25) is 0 Å². The molecule has 0 aliphatic heterocycles. The van der Waals surface area contributed by atoms with Crippen molar-refractivity contribution in [3.05, 3.63) is 53.6 Å². The summed E-state index contributed by atoms with van der Waals surface area (Å²) in [6.07, 6.45) is 1.73. The fraction of sp³-hybridized carbons (Fsp3) is 0.357. The normalized spacial score (nSPS) is 10.8. The zero-order valence-corrected chi connectivity index (χ0v) is 11.0. The molecular weight excluding hydrogens is 245 g/mol. The van der Waals surface area contributed by atoms with Crippen LogP contribution in [0.4, 0.5) is 4.39 Å². The first-order valence-corrected chi connectivity index (χ1v) is 6.25. The summed E-state index contributed by atoms with van der Waals surface area (Å²) in [4.78, 5) is 0. The van der Waals surface area contributed by atoms with Gasteiger partial charge in [-0.25, -0.2) is 4.39 Å². The highest BCUT2D eigenvalue weighted by Gasteiger charge is 2.06. The summed E-state index contributed by atoms with van der Waals surface area (Å²) in [5.74, 6) is -0.198. The second kappa shape index (κ2) is 7.01. The summed E-state index contributed by atoms with van der Waals surface area (Å²) in [5.41, 5.74) is 1.67. The van der Waals surface area contributed by atoms with Crippen molar-refractivity contribution >= 4 is 0 Å². The summed E-state index contributed by atoms with van der Waals surface area (Å²) in [7, 11) is 1.67. The van der Waals surface area contributed by atoms with E-state index in [1.165, 1.54) is 6.07 Å². The second-order valence-corrected chi connectivity index (χ2v) is 4.24. The molecule has 4 nitrogen and oxygen atoms in total. The van der Waals surface area contributed by atoms with Crippen molar-refractivity contribution in [3.63, 3.8) is 0 Å². The average molecular weight is 263 g/mol. The van der Waals surface area contributed by atoms with Crippen molar-refractivity contribution in [1.29, 1.82) is 0 Å². The number of hydrogen-bond donors (Lipinski definition) is 1. The van der Waals surface area contributed by atoms with Gasteiger partial charge in [-0.2, -0.15) is 5.10 Å². The highest BCUT2D eigenvalue weighted by atomic mass is 19.1.